The number of hydrogen-bond acceptors (Lipinski definition) is 2. The Bertz CT molecular complexity index is 455. The van der Waals surface area contributed by atoms with Gasteiger partial charge in [0, 0.05) is 13.6 Å². The summed E-state index contributed by atoms with van der Waals surface area (Å²) in [5.41, 5.74) is 6.76. The third-order valence-electron chi connectivity index (χ3n) is 3.89. The largest absolute Gasteiger partial charge is 0.397 e. The van der Waals surface area contributed by atoms with Crippen LogP contribution < -0.4 is 5.73 Å². The third-order valence-corrected chi connectivity index (χ3v) is 4.22. The van der Waals surface area contributed by atoms with Crippen LogP contribution >= 0.6 is 11.6 Å². The number of benzene rings is 1. The molecule has 1 fully saturated rings. The van der Waals surface area contributed by atoms with Gasteiger partial charge in [0.25, 0.3) is 5.91 Å². The molecule has 19 heavy (non-hydrogen) atoms. The molecular weight excluding hydrogens is 260 g/mol. The van der Waals surface area contributed by atoms with E-state index in [4.69, 9.17) is 17.3 Å². The summed E-state index contributed by atoms with van der Waals surface area (Å²) in [6, 6.07) is 5.20. The predicted octanol–water partition coefficient (Wildman–Crippen LogP) is 3.57. The first kappa shape index (κ1) is 14.2. The van der Waals surface area contributed by atoms with Gasteiger partial charge in [-0.3, -0.25) is 4.79 Å². The van der Waals surface area contributed by atoms with Crippen molar-refractivity contribution in [3.05, 3.63) is 28.8 Å². The van der Waals surface area contributed by atoms with Crippen LogP contribution in [0.25, 0.3) is 0 Å². The van der Waals surface area contributed by atoms with E-state index in [2.05, 4.69) is 0 Å². The maximum absolute atomic E-state index is 12.4. The van der Waals surface area contributed by atoms with Crippen LogP contribution in [-0.4, -0.2) is 24.4 Å². The Morgan fingerprint density at radius 1 is 1.37 bits per heavy atom. The van der Waals surface area contributed by atoms with Crippen LogP contribution in [0.1, 0.15) is 42.5 Å². The molecule has 0 saturated heterocycles. The molecule has 2 N–H and O–H groups in total. The maximum atomic E-state index is 12.4. The van der Waals surface area contributed by atoms with Gasteiger partial charge in [-0.25, -0.2) is 0 Å². The second-order valence-electron chi connectivity index (χ2n) is 5.39. The molecule has 1 amide bonds. The molecule has 0 heterocycles. The Balaban J connectivity index is 2.03. The zero-order chi connectivity index (χ0) is 13.8. The molecule has 0 atom stereocenters. The standard InChI is InChI=1S/C15H21ClN2O/c1-18(10-11-6-3-2-4-7-11)15(19)12-8-5-9-13(16)14(12)17/h5,8-9,11H,2-4,6-7,10,17H2,1H3. The zero-order valence-electron chi connectivity index (χ0n) is 11.4. The third kappa shape index (κ3) is 3.41. The average molecular weight is 281 g/mol. The lowest BCUT2D eigenvalue weighted by atomic mass is 9.89. The van der Waals surface area contributed by atoms with Crippen molar-refractivity contribution in [2.75, 3.05) is 19.3 Å². The van der Waals surface area contributed by atoms with Crippen molar-refractivity contribution in [1.82, 2.24) is 4.90 Å². The summed E-state index contributed by atoms with van der Waals surface area (Å²) in [6.07, 6.45) is 6.35. The van der Waals surface area contributed by atoms with E-state index in [-0.39, 0.29) is 5.91 Å². The molecule has 1 aromatic carbocycles. The van der Waals surface area contributed by atoms with Gasteiger partial charge < -0.3 is 10.6 Å². The summed E-state index contributed by atoms with van der Waals surface area (Å²) < 4.78 is 0. The molecule has 0 spiro atoms. The Kier molecular flexibility index (Phi) is 4.70. The fraction of sp³-hybridized carbons (Fsp3) is 0.533. The summed E-state index contributed by atoms with van der Waals surface area (Å²) in [5, 5.41) is 0.442. The minimum absolute atomic E-state index is 0.0365. The number of rotatable bonds is 3. The van der Waals surface area contributed by atoms with Crippen molar-refractivity contribution in [1.29, 1.82) is 0 Å². The first-order chi connectivity index (χ1) is 9.09. The monoisotopic (exact) mass is 280 g/mol. The molecule has 0 unspecified atom stereocenters. The average Bonchev–Trinajstić information content (AvgIpc) is 2.42. The number of para-hydroxylation sites is 1. The Hall–Kier alpha value is -1.22. The topological polar surface area (TPSA) is 46.3 Å². The number of carbonyl (C=O) groups excluding carboxylic acids is 1. The van der Waals surface area contributed by atoms with Crippen LogP contribution in [0, 0.1) is 5.92 Å². The van der Waals surface area contributed by atoms with Crippen LogP contribution in [0.15, 0.2) is 18.2 Å². The van der Waals surface area contributed by atoms with E-state index in [1.165, 1.54) is 32.1 Å². The lowest BCUT2D eigenvalue weighted by Gasteiger charge is -2.27. The molecule has 104 valence electrons. The number of anilines is 1. The first-order valence-electron chi connectivity index (χ1n) is 6.89. The summed E-state index contributed by atoms with van der Waals surface area (Å²) in [4.78, 5) is 14.2. The van der Waals surface area contributed by atoms with Crippen LogP contribution in [0.4, 0.5) is 5.69 Å². The van der Waals surface area contributed by atoms with Gasteiger partial charge in [-0.1, -0.05) is 36.9 Å². The highest BCUT2D eigenvalue weighted by Crippen LogP contribution is 2.26. The molecule has 0 bridgehead atoms. The van der Waals surface area contributed by atoms with Crippen LogP contribution in [0.5, 0.6) is 0 Å². The van der Waals surface area contributed by atoms with Gasteiger partial charge in [0.15, 0.2) is 0 Å². The van der Waals surface area contributed by atoms with Gasteiger partial charge in [-0.15, -0.1) is 0 Å². The minimum Gasteiger partial charge on any atom is -0.397 e. The summed E-state index contributed by atoms with van der Waals surface area (Å²) >= 11 is 5.96. The second kappa shape index (κ2) is 6.29. The van der Waals surface area contributed by atoms with Gasteiger partial charge in [-0.05, 0) is 30.9 Å². The smallest absolute Gasteiger partial charge is 0.255 e. The highest BCUT2D eigenvalue weighted by molar-refractivity contribution is 6.33. The molecule has 1 aliphatic rings. The maximum Gasteiger partial charge on any atom is 0.255 e. The number of carbonyl (C=O) groups is 1. The summed E-state index contributed by atoms with van der Waals surface area (Å²) in [7, 11) is 1.84. The molecule has 3 nitrogen and oxygen atoms in total. The first-order valence-corrected chi connectivity index (χ1v) is 7.27. The Labute approximate surface area is 119 Å². The van der Waals surface area contributed by atoms with Crippen molar-refractivity contribution in [2.24, 2.45) is 5.92 Å². The van der Waals surface area contributed by atoms with Gasteiger partial charge >= 0.3 is 0 Å². The van der Waals surface area contributed by atoms with E-state index in [1.54, 1.807) is 23.1 Å². The second-order valence-corrected chi connectivity index (χ2v) is 5.80. The zero-order valence-corrected chi connectivity index (χ0v) is 12.1. The number of nitrogen functional groups attached to an aromatic ring is 1. The van der Waals surface area contributed by atoms with Crippen molar-refractivity contribution in [2.45, 2.75) is 32.1 Å². The van der Waals surface area contributed by atoms with Crippen molar-refractivity contribution in [3.63, 3.8) is 0 Å². The van der Waals surface area contributed by atoms with E-state index in [1.807, 2.05) is 7.05 Å². The minimum atomic E-state index is -0.0365. The van der Waals surface area contributed by atoms with Crippen molar-refractivity contribution >= 4 is 23.2 Å². The Morgan fingerprint density at radius 2 is 2.05 bits per heavy atom. The van der Waals surface area contributed by atoms with E-state index >= 15 is 0 Å². The number of halogens is 1. The molecule has 1 saturated carbocycles. The lowest BCUT2D eigenvalue weighted by Crippen LogP contribution is -2.33. The van der Waals surface area contributed by atoms with Gasteiger partial charge in [0.05, 0.1) is 16.3 Å². The number of hydrogen-bond donors (Lipinski definition) is 1. The molecule has 2 rings (SSSR count). The summed E-state index contributed by atoms with van der Waals surface area (Å²) in [6.45, 7) is 0.810. The van der Waals surface area contributed by atoms with E-state index in [0.29, 0.717) is 22.2 Å². The van der Waals surface area contributed by atoms with Crippen molar-refractivity contribution < 1.29 is 4.79 Å². The van der Waals surface area contributed by atoms with Crippen LogP contribution in [0.2, 0.25) is 5.02 Å². The SMILES string of the molecule is CN(CC1CCCCC1)C(=O)c1cccc(Cl)c1N. The van der Waals surface area contributed by atoms with E-state index in [0.717, 1.165) is 6.54 Å². The van der Waals surface area contributed by atoms with Crippen LogP contribution in [0.3, 0.4) is 0 Å². The quantitative estimate of drug-likeness (QED) is 0.860. The molecule has 1 aliphatic carbocycles. The fourth-order valence-corrected chi connectivity index (χ4v) is 2.94. The Morgan fingerprint density at radius 3 is 2.74 bits per heavy atom. The van der Waals surface area contributed by atoms with E-state index in [9.17, 15) is 4.79 Å². The highest BCUT2D eigenvalue weighted by atomic mass is 35.5. The van der Waals surface area contributed by atoms with Crippen LogP contribution in [-0.2, 0) is 0 Å². The normalized spacial score (nSPS) is 16.3. The summed E-state index contributed by atoms with van der Waals surface area (Å²) in [5.74, 6) is 0.591. The molecular formula is C15H21ClN2O. The van der Waals surface area contributed by atoms with Crippen molar-refractivity contribution in [3.8, 4) is 0 Å². The fourth-order valence-electron chi connectivity index (χ4n) is 2.77. The van der Waals surface area contributed by atoms with Gasteiger partial charge in [0.1, 0.15) is 0 Å². The van der Waals surface area contributed by atoms with E-state index < -0.39 is 0 Å². The molecule has 0 aliphatic heterocycles. The molecule has 4 heteroatoms. The highest BCUT2D eigenvalue weighted by Gasteiger charge is 2.20. The molecule has 0 aromatic heterocycles. The van der Waals surface area contributed by atoms with Gasteiger partial charge in [0.2, 0.25) is 0 Å². The molecule has 0 radical (unpaired) electrons. The number of nitrogens with two attached hydrogens (primary N) is 1. The number of nitrogens with zero attached hydrogens (tertiary/aromatic N) is 1. The lowest BCUT2D eigenvalue weighted by molar-refractivity contribution is 0.0761. The predicted molar refractivity (Wildman–Crippen MR) is 79.4 cm³/mol. The van der Waals surface area contributed by atoms with Gasteiger partial charge in [-0.2, -0.15) is 0 Å². The molecule has 1 aromatic rings. The number of amides is 1.